The Morgan fingerprint density at radius 3 is 2.67 bits per heavy atom. The summed E-state index contributed by atoms with van der Waals surface area (Å²) in [5.41, 5.74) is 4.18. The van der Waals surface area contributed by atoms with E-state index in [-0.39, 0.29) is 5.91 Å². The summed E-state index contributed by atoms with van der Waals surface area (Å²) in [5, 5.41) is 18.3. The number of hydrogen-bond acceptors (Lipinski definition) is 8. The molecule has 0 unspecified atom stereocenters. The van der Waals surface area contributed by atoms with Gasteiger partial charge in [-0.15, -0.1) is 10.2 Å². The van der Waals surface area contributed by atoms with E-state index in [1.54, 1.807) is 18.3 Å². The first-order chi connectivity index (χ1) is 17.5. The van der Waals surface area contributed by atoms with Crippen molar-refractivity contribution in [3.8, 4) is 11.5 Å². The van der Waals surface area contributed by atoms with Crippen LogP contribution in [0.3, 0.4) is 0 Å². The predicted molar refractivity (Wildman–Crippen MR) is 140 cm³/mol. The van der Waals surface area contributed by atoms with Crippen LogP contribution in [0.4, 0.5) is 11.4 Å². The van der Waals surface area contributed by atoms with Gasteiger partial charge in [-0.05, 0) is 50.0 Å². The van der Waals surface area contributed by atoms with Crippen LogP contribution in [0, 0.1) is 0 Å². The number of amides is 1. The second-order valence-corrected chi connectivity index (χ2v) is 8.60. The summed E-state index contributed by atoms with van der Waals surface area (Å²) in [5.74, 6) is 1.28. The summed E-state index contributed by atoms with van der Waals surface area (Å²) >= 11 is 0. The van der Waals surface area contributed by atoms with Crippen molar-refractivity contribution in [2.75, 3.05) is 37.8 Å². The standard InChI is InChI=1S/C26H31N9O/c1-34(2)14-13-28-22-10-5-4-7-20(22)16-30-26(36)19-8-6-9-21(15-19)29-17-24-32-33-25(35(24)3)23-11-12-27-18-31-23/h4-12,15,18,28-29H,13-14,16-17H2,1-3H3,(H,30,36). The molecule has 10 nitrogen and oxygen atoms in total. The van der Waals surface area contributed by atoms with Crippen molar-refractivity contribution in [1.82, 2.24) is 34.9 Å². The number of hydrogen-bond donors (Lipinski definition) is 3. The normalized spacial score (nSPS) is 10.9. The highest BCUT2D eigenvalue weighted by Crippen LogP contribution is 2.17. The maximum atomic E-state index is 12.9. The van der Waals surface area contributed by atoms with Gasteiger partial charge in [0, 0.05) is 49.8 Å². The molecule has 0 radical (unpaired) electrons. The first-order valence-corrected chi connectivity index (χ1v) is 11.7. The van der Waals surface area contributed by atoms with Gasteiger partial charge in [0.15, 0.2) is 11.6 Å². The molecule has 0 saturated carbocycles. The van der Waals surface area contributed by atoms with Gasteiger partial charge < -0.3 is 25.4 Å². The molecule has 3 N–H and O–H groups in total. The number of rotatable bonds is 11. The molecule has 36 heavy (non-hydrogen) atoms. The Morgan fingerprint density at radius 2 is 1.86 bits per heavy atom. The number of carbonyl (C=O) groups is 1. The van der Waals surface area contributed by atoms with Crippen LogP contribution in [0.5, 0.6) is 0 Å². The number of nitrogens with one attached hydrogen (secondary N) is 3. The molecule has 0 bridgehead atoms. The molecule has 186 valence electrons. The summed E-state index contributed by atoms with van der Waals surface area (Å²) < 4.78 is 1.88. The predicted octanol–water partition coefficient (Wildman–Crippen LogP) is 2.79. The monoisotopic (exact) mass is 485 g/mol. The van der Waals surface area contributed by atoms with Crippen molar-refractivity contribution >= 4 is 17.3 Å². The van der Waals surface area contributed by atoms with Gasteiger partial charge in [0.2, 0.25) is 0 Å². The first kappa shape index (κ1) is 24.8. The van der Waals surface area contributed by atoms with Gasteiger partial charge in [0.1, 0.15) is 12.0 Å². The summed E-state index contributed by atoms with van der Waals surface area (Å²) in [4.78, 5) is 23.2. The number of likely N-dealkylation sites (N-methyl/N-ethyl adjacent to an activating group) is 1. The Morgan fingerprint density at radius 1 is 1.00 bits per heavy atom. The molecule has 2 heterocycles. The third-order valence-electron chi connectivity index (χ3n) is 5.68. The summed E-state index contributed by atoms with van der Waals surface area (Å²) in [6, 6.07) is 17.2. The second-order valence-electron chi connectivity index (χ2n) is 8.60. The van der Waals surface area contributed by atoms with E-state index >= 15 is 0 Å². The highest BCUT2D eigenvalue weighted by atomic mass is 16.1. The summed E-state index contributed by atoms with van der Waals surface area (Å²) in [7, 11) is 5.98. The van der Waals surface area contributed by atoms with E-state index in [0.717, 1.165) is 35.9 Å². The van der Waals surface area contributed by atoms with Crippen molar-refractivity contribution in [2.24, 2.45) is 7.05 Å². The lowest BCUT2D eigenvalue weighted by Gasteiger charge is -2.15. The van der Waals surface area contributed by atoms with Crippen molar-refractivity contribution < 1.29 is 4.79 Å². The molecular weight excluding hydrogens is 454 g/mol. The average molecular weight is 486 g/mol. The fourth-order valence-electron chi connectivity index (χ4n) is 3.65. The van der Waals surface area contributed by atoms with Crippen LogP contribution in [0.25, 0.3) is 11.5 Å². The molecule has 2 aromatic heterocycles. The van der Waals surface area contributed by atoms with Gasteiger partial charge in [0.05, 0.1) is 6.54 Å². The fraction of sp³-hybridized carbons (Fsp3) is 0.269. The molecule has 0 saturated heterocycles. The number of anilines is 2. The zero-order valence-electron chi connectivity index (χ0n) is 20.8. The number of aromatic nitrogens is 5. The molecule has 0 aliphatic rings. The Hall–Kier alpha value is -4.31. The van der Waals surface area contributed by atoms with Crippen LogP contribution in [0.2, 0.25) is 0 Å². The molecule has 1 amide bonds. The van der Waals surface area contributed by atoms with Crippen LogP contribution >= 0.6 is 0 Å². The highest BCUT2D eigenvalue weighted by Gasteiger charge is 2.12. The number of carbonyl (C=O) groups excluding carboxylic acids is 1. The number of para-hydroxylation sites is 1. The Bertz CT molecular complexity index is 1290. The van der Waals surface area contributed by atoms with Gasteiger partial charge in [0.25, 0.3) is 5.91 Å². The highest BCUT2D eigenvalue weighted by molar-refractivity contribution is 5.95. The van der Waals surface area contributed by atoms with E-state index in [2.05, 4.69) is 41.0 Å². The van der Waals surface area contributed by atoms with Crippen LogP contribution in [0.1, 0.15) is 21.7 Å². The summed E-state index contributed by atoms with van der Waals surface area (Å²) in [6.45, 7) is 2.65. The Labute approximate surface area is 210 Å². The lowest BCUT2D eigenvalue weighted by Crippen LogP contribution is -2.24. The van der Waals surface area contributed by atoms with Crippen LogP contribution in [-0.2, 0) is 20.1 Å². The molecule has 4 aromatic rings. The largest absolute Gasteiger partial charge is 0.383 e. The lowest BCUT2D eigenvalue weighted by atomic mass is 10.1. The van der Waals surface area contributed by atoms with Gasteiger partial charge >= 0.3 is 0 Å². The Kier molecular flexibility index (Phi) is 8.20. The van der Waals surface area contributed by atoms with Crippen molar-refractivity contribution in [3.05, 3.63) is 84.1 Å². The SMILES string of the molecule is CN(C)CCNc1ccccc1CNC(=O)c1cccc(NCc2nnc(-c3ccncn3)n2C)c1. The molecule has 0 atom stereocenters. The second kappa shape index (κ2) is 11.9. The zero-order valence-corrected chi connectivity index (χ0v) is 20.8. The van der Waals surface area contributed by atoms with Crippen molar-refractivity contribution in [3.63, 3.8) is 0 Å². The quantitative estimate of drug-likeness (QED) is 0.297. The third kappa shape index (κ3) is 6.42. The van der Waals surface area contributed by atoms with E-state index in [0.29, 0.717) is 30.2 Å². The molecular formula is C26H31N9O. The van der Waals surface area contributed by atoms with Crippen molar-refractivity contribution in [2.45, 2.75) is 13.1 Å². The van der Waals surface area contributed by atoms with E-state index in [1.165, 1.54) is 6.33 Å². The van der Waals surface area contributed by atoms with Gasteiger partial charge in [-0.25, -0.2) is 9.97 Å². The third-order valence-corrected chi connectivity index (χ3v) is 5.68. The zero-order chi connectivity index (χ0) is 25.3. The molecule has 0 aliphatic carbocycles. The summed E-state index contributed by atoms with van der Waals surface area (Å²) in [6.07, 6.45) is 3.16. The average Bonchev–Trinajstić information content (AvgIpc) is 3.27. The molecule has 0 aliphatic heterocycles. The smallest absolute Gasteiger partial charge is 0.251 e. The topological polar surface area (TPSA) is 113 Å². The first-order valence-electron chi connectivity index (χ1n) is 11.7. The van der Waals surface area contributed by atoms with E-state index < -0.39 is 0 Å². The fourth-order valence-corrected chi connectivity index (χ4v) is 3.65. The van der Waals surface area contributed by atoms with Gasteiger partial charge in [-0.3, -0.25) is 4.79 Å². The maximum absolute atomic E-state index is 12.9. The van der Waals surface area contributed by atoms with Crippen LogP contribution < -0.4 is 16.0 Å². The minimum atomic E-state index is -0.133. The number of benzene rings is 2. The molecule has 0 fully saturated rings. The minimum Gasteiger partial charge on any atom is -0.383 e. The molecule has 0 spiro atoms. The molecule has 4 rings (SSSR count). The van der Waals surface area contributed by atoms with Crippen LogP contribution in [0.15, 0.2) is 67.1 Å². The van der Waals surface area contributed by atoms with E-state index in [9.17, 15) is 4.79 Å². The Balaban J connectivity index is 1.35. The van der Waals surface area contributed by atoms with Crippen molar-refractivity contribution in [1.29, 1.82) is 0 Å². The van der Waals surface area contributed by atoms with E-state index in [1.807, 2.05) is 68.2 Å². The lowest BCUT2D eigenvalue weighted by molar-refractivity contribution is 0.0951. The van der Waals surface area contributed by atoms with Gasteiger partial charge in [-0.1, -0.05) is 24.3 Å². The minimum absolute atomic E-state index is 0.133. The maximum Gasteiger partial charge on any atom is 0.251 e. The molecule has 10 heteroatoms. The van der Waals surface area contributed by atoms with E-state index in [4.69, 9.17) is 0 Å². The molecule has 2 aromatic carbocycles. The van der Waals surface area contributed by atoms with Crippen LogP contribution in [-0.4, -0.2) is 62.7 Å². The number of nitrogens with zero attached hydrogens (tertiary/aromatic N) is 6. The van der Waals surface area contributed by atoms with Gasteiger partial charge in [-0.2, -0.15) is 0 Å².